The van der Waals surface area contributed by atoms with Gasteiger partial charge in [0.25, 0.3) is 6.02 Å². The van der Waals surface area contributed by atoms with Gasteiger partial charge in [0.2, 0.25) is 0 Å². The number of ether oxygens (including phenoxy) is 1. The molecule has 0 aliphatic heterocycles. The molecule has 5 nitrogen and oxygen atoms in total. The van der Waals surface area contributed by atoms with Gasteiger partial charge in [-0.05, 0) is 5.56 Å². The van der Waals surface area contributed by atoms with E-state index in [1.54, 1.807) is 6.07 Å². The van der Waals surface area contributed by atoms with Crippen LogP contribution >= 0.6 is 0 Å². The Kier molecular flexibility index (Phi) is 2.86. The van der Waals surface area contributed by atoms with Crippen molar-refractivity contribution in [3.8, 4) is 11.3 Å². The molecule has 0 bridgehead atoms. The van der Waals surface area contributed by atoms with Crippen molar-refractivity contribution < 1.29 is 4.74 Å². The molecule has 0 spiro atoms. The van der Waals surface area contributed by atoms with Gasteiger partial charge < -0.3 is 10.5 Å². The van der Waals surface area contributed by atoms with Crippen molar-refractivity contribution in [2.24, 2.45) is 10.7 Å². The number of aromatic amines is 1. The number of nitrogens with two attached hydrogens (primary N) is 1. The van der Waals surface area contributed by atoms with E-state index in [0.717, 1.165) is 11.3 Å². The molecule has 2 rings (SSSR count). The number of hydrogen-bond donors (Lipinski definition) is 2. The average molecular weight is 216 g/mol. The first-order chi connectivity index (χ1) is 7.79. The van der Waals surface area contributed by atoms with E-state index in [4.69, 9.17) is 10.5 Å². The normalized spacial score (nSPS) is 11.4. The highest BCUT2D eigenvalue weighted by Crippen LogP contribution is 2.20. The SMILES string of the molecule is COC(N)=Nc1cc(-c2ccccc2)[nH]n1. The predicted molar refractivity (Wildman–Crippen MR) is 62.3 cm³/mol. The molecule has 0 atom stereocenters. The zero-order valence-corrected chi connectivity index (χ0v) is 8.84. The molecule has 0 saturated heterocycles. The van der Waals surface area contributed by atoms with E-state index in [9.17, 15) is 0 Å². The highest BCUT2D eigenvalue weighted by molar-refractivity contribution is 5.75. The van der Waals surface area contributed by atoms with Crippen molar-refractivity contribution in [1.82, 2.24) is 10.2 Å². The van der Waals surface area contributed by atoms with Crippen LogP contribution in [-0.2, 0) is 4.74 Å². The molecule has 5 heteroatoms. The van der Waals surface area contributed by atoms with E-state index in [1.807, 2.05) is 30.3 Å². The number of nitrogens with one attached hydrogen (secondary N) is 1. The summed E-state index contributed by atoms with van der Waals surface area (Å²) < 4.78 is 4.74. The fourth-order valence-corrected chi connectivity index (χ4v) is 1.29. The van der Waals surface area contributed by atoms with Crippen LogP contribution in [0.5, 0.6) is 0 Å². The van der Waals surface area contributed by atoms with Crippen LogP contribution in [0.3, 0.4) is 0 Å². The van der Waals surface area contributed by atoms with Crippen molar-refractivity contribution in [2.75, 3.05) is 7.11 Å². The van der Waals surface area contributed by atoms with Crippen LogP contribution in [0.25, 0.3) is 11.3 Å². The molecule has 0 aliphatic carbocycles. The third-order valence-electron chi connectivity index (χ3n) is 2.08. The van der Waals surface area contributed by atoms with Gasteiger partial charge in [-0.1, -0.05) is 30.3 Å². The van der Waals surface area contributed by atoms with Gasteiger partial charge >= 0.3 is 0 Å². The van der Waals surface area contributed by atoms with E-state index in [2.05, 4.69) is 15.2 Å². The summed E-state index contributed by atoms with van der Waals surface area (Å²) in [6.07, 6.45) is 0. The minimum atomic E-state index is 0.0890. The maximum atomic E-state index is 5.43. The van der Waals surface area contributed by atoms with Gasteiger partial charge in [0.15, 0.2) is 5.82 Å². The molecule has 16 heavy (non-hydrogen) atoms. The smallest absolute Gasteiger partial charge is 0.288 e. The largest absolute Gasteiger partial charge is 0.468 e. The highest BCUT2D eigenvalue weighted by Gasteiger charge is 2.02. The van der Waals surface area contributed by atoms with Crippen molar-refractivity contribution >= 4 is 11.8 Å². The topological polar surface area (TPSA) is 76.3 Å². The second-order valence-electron chi connectivity index (χ2n) is 3.16. The summed E-state index contributed by atoms with van der Waals surface area (Å²) in [4.78, 5) is 3.95. The monoisotopic (exact) mass is 216 g/mol. The van der Waals surface area contributed by atoms with Crippen molar-refractivity contribution in [3.05, 3.63) is 36.4 Å². The number of methoxy groups -OCH3 is 1. The van der Waals surface area contributed by atoms with Crippen LogP contribution in [0.2, 0.25) is 0 Å². The molecular formula is C11H12N4O. The molecular weight excluding hydrogens is 204 g/mol. The molecule has 1 heterocycles. The molecule has 0 radical (unpaired) electrons. The molecule has 0 fully saturated rings. The summed E-state index contributed by atoms with van der Waals surface area (Å²) in [5, 5.41) is 6.89. The number of amidine groups is 1. The van der Waals surface area contributed by atoms with Gasteiger partial charge in [0.05, 0.1) is 12.8 Å². The minimum Gasteiger partial charge on any atom is -0.468 e. The van der Waals surface area contributed by atoms with Crippen LogP contribution in [0.1, 0.15) is 0 Å². The van der Waals surface area contributed by atoms with Crippen molar-refractivity contribution in [2.45, 2.75) is 0 Å². The van der Waals surface area contributed by atoms with E-state index < -0.39 is 0 Å². The van der Waals surface area contributed by atoms with Crippen LogP contribution in [0.15, 0.2) is 41.4 Å². The number of H-pyrrole nitrogens is 1. The van der Waals surface area contributed by atoms with E-state index in [0.29, 0.717) is 5.82 Å². The lowest BCUT2D eigenvalue weighted by molar-refractivity contribution is 0.397. The van der Waals surface area contributed by atoms with Crippen LogP contribution < -0.4 is 5.73 Å². The number of aromatic nitrogens is 2. The summed E-state index contributed by atoms with van der Waals surface area (Å²) >= 11 is 0. The van der Waals surface area contributed by atoms with Crippen LogP contribution in [0.4, 0.5) is 5.82 Å². The Hall–Kier alpha value is -2.30. The standard InChI is InChI=1S/C11H12N4O/c1-16-11(12)13-10-7-9(14-15-10)8-5-3-2-4-6-8/h2-7H,1H3,(H3,12,13,14,15). The molecule has 2 aromatic rings. The number of nitrogens with zero attached hydrogens (tertiary/aromatic N) is 2. The Labute approximate surface area is 93.0 Å². The predicted octanol–water partition coefficient (Wildman–Crippen LogP) is 1.67. The lowest BCUT2D eigenvalue weighted by atomic mass is 10.2. The number of benzene rings is 1. The lowest BCUT2D eigenvalue weighted by Gasteiger charge is -1.94. The Bertz CT molecular complexity index is 490. The van der Waals surface area contributed by atoms with E-state index >= 15 is 0 Å². The minimum absolute atomic E-state index is 0.0890. The van der Waals surface area contributed by atoms with E-state index in [-0.39, 0.29) is 6.02 Å². The van der Waals surface area contributed by atoms with Crippen molar-refractivity contribution in [1.29, 1.82) is 0 Å². The lowest BCUT2D eigenvalue weighted by Crippen LogP contribution is -2.12. The Morgan fingerprint density at radius 2 is 2.12 bits per heavy atom. The molecule has 1 aromatic carbocycles. The fraction of sp³-hybridized carbons (Fsp3) is 0.0909. The first-order valence-corrected chi connectivity index (χ1v) is 4.78. The van der Waals surface area contributed by atoms with Gasteiger partial charge in [0.1, 0.15) is 0 Å². The molecule has 0 amide bonds. The molecule has 0 unspecified atom stereocenters. The zero-order chi connectivity index (χ0) is 11.4. The molecule has 3 N–H and O–H groups in total. The Morgan fingerprint density at radius 1 is 1.38 bits per heavy atom. The number of aliphatic imine (C=N–C) groups is 1. The first-order valence-electron chi connectivity index (χ1n) is 4.78. The summed E-state index contributed by atoms with van der Waals surface area (Å²) in [5.74, 6) is 0.498. The number of rotatable bonds is 2. The number of hydrogen-bond acceptors (Lipinski definition) is 3. The van der Waals surface area contributed by atoms with Gasteiger partial charge in [-0.25, -0.2) is 0 Å². The fourth-order valence-electron chi connectivity index (χ4n) is 1.29. The van der Waals surface area contributed by atoms with Gasteiger partial charge in [-0.15, -0.1) is 0 Å². The van der Waals surface area contributed by atoms with Gasteiger partial charge in [-0.3, -0.25) is 5.10 Å². The van der Waals surface area contributed by atoms with Gasteiger partial charge in [0, 0.05) is 6.07 Å². The Morgan fingerprint density at radius 3 is 2.81 bits per heavy atom. The van der Waals surface area contributed by atoms with Crippen molar-refractivity contribution in [3.63, 3.8) is 0 Å². The van der Waals surface area contributed by atoms with Crippen LogP contribution in [-0.4, -0.2) is 23.3 Å². The maximum absolute atomic E-state index is 5.43. The second-order valence-corrected chi connectivity index (χ2v) is 3.16. The van der Waals surface area contributed by atoms with Crippen LogP contribution in [0, 0.1) is 0 Å². The van der Waals surface area contributed by atoms with E-state index in [1.165, 1.54) is 7.11 Å². The highest BCUT2D eigenvalue weighted by atomic mass is 16.5. The summed E-state index contributed by atoms with van der Waals surface area (Å²) in [7, 11) is 1.46. The quantitative estimate of drug-likeness (QED) is 0.592. The first kappa shape index (κ1) is 10.2. The third kappa shape index (κ3) is 2.20. The molecule has 0 aliphatic rings. The zero-order valence-electron chi connectivity index (χ0n) is 8.84. The third-order valence-corrected chi connectivity index (χ3v) is 2.08. The molecule has 0 saturated carbocycles. The second kappa shape index (κ2) is 4.48. The average Bonchev–Trinajstić information content (AvgIpc) is 2.78. The molecule has 82 valence electrons. The molecule has 1 aromatic heterocycles. The van der Waals surface area contributed by atoms with Gasteiger partial charge in [-0.2, -0.15) is 10.1 Å². The maximum Gasteiger partial charge on any atom is 0.288 e. The summed E-state index contributed by atoms with van der Waals surface area (Å²) in [6.45, 7) is 0. The Balaban J connectivity index is 2.27. The summed E-state index contributed by atoms with van der Waals surface area (Å²) in [6, 6.07) is 11.8. The summed E-state index contributed by atoms with van der Waals surface area (Å²) in [5.41, 5.74) is 7.37.